The number of benzene rings is 13. The summed E-state index contributed by atoms with van der Waals surface area (Å²) in [5.41, 5.74) is 14.2. The van der Waals surface area contributed by atoms with E-state index in [1.807, 2.05) is 166 Å². The zero-order valence-electron chi connectivity index (χ0n) is 76.0. The van der Waals surface area contributed by atoms with Gasteiger partial charge in [0.15, 0.2) is 5.76 Å². The van der Waals surface area contributed by atoms with E-state index in [2.05, 4.69) is 81.9 Å². The lowest BCUT2D eigenvalue weighted by Gasteiger charge is -2.22. The number of anilines is 4. The molecule has 4 heterocycles. The van der Waals surface area contributed by atoms with Gasteiger partial charge in [-0.25, -0.2) is 0 Å². The van der Waals surface area contributed by atoms with Crippen LogP contribution < -0.4 is 56.5 Å². The minimum atomic E-state index is -0.379. The van der Waals surface area contributed by atoms with Gasteiger partial charge in [0, 0.05) is 90.8 Å². The standard InChI is InChI=1S/C42H43N3O5.C38H40N2O6.C31H26N2O5/c1-45(2)24-23-43-37-21-19-33(28-46)42-40(37)41(48)36-26-35(20-22-38(36)50-42)49-39(47)25-32(18-13-29-9-5-3-6-10-29)31-16-14-30(15-17-31)27-44-34-11-7-4-8-12-34;1-40(2)19-18-39-32-15-12-29(24-41)38-36(32)37(43)31-23-30(14-17-34(31)46-38)45-35(42)22-27(11-10-25-7-4-3-5-8-25)26-13-16-33-28(21-26)9-6-20-44-33;1-33(2)14-13-32-24-11-9-20(17-34)31-28(24)29(35)23-16-21(10-12-25(23)38-31)37-26-15-19-8-7-18-5-3-4-6-22(18)27(19)30(26)36/h3-12,14-17,19-22,26,32,43-44,46H,13,18,23-25,27-28H2,1-2H3;3-5,7-8,12-17,21,23,27,39,41H,6,9-11,18-20,22,24H2,1-2H3;3-12,15-16,32,34H,13-14,17H2,1-2H3. The summed E-state index contributed by atoms with van der Waals surface area (Å²) in [7, 11) is 11.9. The van der Waals surface area contributed by atoms with Gasteiger partial charge in [-0.1, -0.05) is 170 Å². The number of allylic oxidation sites excluding steroid dienone is 1. The Kier molecular flexibility index (Phi) is 29.9. The number of aryl methyl sites for hydroxylation is 3. The van der Waals surface area contributed by atoms with E-state index in [9.17, 15) is 44.1 Å². The molecule has 18 rings (SSSR count). The van der Waals surface area contributed by atoms with Crippen molar-refractivity contribution >= 4 is 123 Å². The Bertz CT molecular complexity index is 7180. The maximum atomic E-state index is 13.9. The molecule has 23 heteroatoms. The Balaban J connectivity index is 0.000000147. The zero-order chi connectivity index (χ0) is 93.3. The second-order valence-electron chi connectivity index (χ2n) is 34.6. The van der Waals surface area contributed by atoms with Crippen LogP contribution in [0.2, 0.25) is 0 Å². The highest BCUT2D eigenvalue weighted by Gasteiger charge is 2.30. The van der Waals surface area contributed by atoms with E-state index in [1.54, 1.807) is 97.1 Å². The molecule has 2 atom stereocenters. The van der Waals surface area contributed by atoms with Crippen LogP contribution in [0.15, 0.2) is 294 Å². The van der Waals surface area contributed by atoms with E-state index < -0.39 is 0 Å². The number of nitrogens with zero attached hydrogens (tertiary/aromatic N) is 3. The molecule has 13 aromatic carbocycles. The van der Waals surface area contributed by atoms with Crippen LogP contribution in [-0.2, 0) is 55.2 Å². The maximum Gasteiger partial charge on any atom is 0.311 e. The highest BCUT2D eigenvalue weighted by Crippen LogP contribution is 2.40. The molecule has 23 nitrogen and oxygen atoms in total. The van der Waals surface area contributed by atoms with Gasteiger partial charge < -0.3 is 83.5 Å². The number of likely N-dealkylation sites (N-methyl/N-ethyl adjacent to an activating group) is 3. The quantitative estimate of drug-likeness (QED) is 0.0112. The average molecular weight is 1800 g/mol. The van der Waals surface area contributed by atoms with E-state index in [0.29, 0.717) is 137 Å². The molecule has 0 fully saturated rings. The molecule has 134 heavy (non-hydrogen) atoms. The number of carbonyl (C=O) groups excluding carboxylic acids is 3. The van der Waals surface area contributed by atoms with Crippen LogP contribution >= 0.6 is 0 Å². The lowest BCUT2D eigenvalue weighted by Crippen LogP contribution is -2.21. The summed E-state index contributed by atoms with van der Waals surface area (Å²) in [6.45, 7) is 4.83. The number of aliphatic hydroxyl groups excluding tert-OH is 3. The van der Waals surface area contributed by atoms with Crippen molar-refractivity contribution in [2.24, 2.45) is 0 Å². The van der Waals surface area contributed by atoms with Crippen LogP contribution in [0.25, 0.3) is 82.7 Å². The summed E-state index contributed by atoms with van der Waals surface area (Å²) in [6, 6.07) is 82.2. The Morgan fingerprint density at radius 2 is 0.866 bits per heavy atom. The van der Waals surface area contributed by atoms with Gasteiger partial charge in [-0.05, 0) is 239 Å². The fraction of sp³-hybridized carbons (Fsp3) is 0.243. The summed E-state index contributed by atoms with van der Waals surface area (Å²) in [4.78, 5) is 87.9. The largest absolute Gasteiger partial charge is 0.493 e. The fourth-order valence-electron chi connectivity index (χ4n) is 17.2. The molecular weight excluding hydrogens is 1690 g/mol. The van der Waals surface area contributed by atoms with Crippen LogP contribution in [0.5, 0.6) is 23.0 Å². The number of hydrogen-bond donors (Lipinski definition) is 7. The maximum absolute atomic E-state index is 13.9. The number of rotatable bonds is 34. The normalized spacial score (nSPS) is 12.7. The molecule has 2 aliphatic rings. The molecule has 0 radical (unpaired) electrons. The summed E-state index contributed by atoms with van der Waals surface area (Å²) in [6.07, 6.45) is 7.24. The molecule has 0 spiro atoms. The Morgan fingerprint density at radius 1 is 0.425 bits per heavy atom. The summed E-state index contributed by atoms with van der Waals surface area (Å²) >= 11 is 0. The Labute approximate surface area is 775 Å². The smallest absolute Gasteiger partial charge is 0.311 e. The van der Waals surface area contributed by atoms with E-state index in [-0.39, 0.29) is 95.8 Å². The molecule has 684 valence electrons. The molecule has 0 amide bonds. The van der Waals surface area contributed by atoms with Gasteiger partial charge in [0.05, 0.1) is 71.6 Å². The number of esters is 2. The third-order valence-electron chi connectivity index (χ3n) is 24.3. The van der Waals surface area contributed by atoms with Crippen LogP contribution in [0, 0.1) is 0 Å². The van der Waals surface area contributed by atoms with Crippen molar-refractivity contribution in [3.8, 4) is 23.0 Å². The van der Waals surface area contributed by atoms with E-state index in [4.69, 9.17) is 32.2 Å². The van der Waals surface area contributed by atoms with Crippen molar-refractivity contribution in [1.82, 2.24) is 14.7 Å². The first-order valence-electron chi connectivity index (χ1n) is 45.4. The molecule has 1 aliphatic heterocycles. The van der Waals surface area contributed by atoms with Gasteiger partial charge in [-0.15, -0.1) is 0 Å². The topological polar surface area (TPSA) is 297 Å². The van der Waals surface area contributed by atoms with Crippen molar-refractivity contribution in [3.05, 3.63) is 358 Å². The van der Waals surface area contributed by atoms with Gasteiger partial charge >= 0.3 is 11.9 Å². The highest BCUT2D eigenvalue weighted by atomic mass is 16.5. The third kappa shape index (κ3) is 22.1. The first-order chi connectivity index (χ1) is 65.2. The summed E-state index contributed by atoms with van der Waals surface area (Å²) < 4.78 is 42.0. The lowest BCUT2D eigenvalue weighted by atomic mass is 9.88. The minimum Gasteiger partial charge on any atom is -0.493 e. The number of Topliss-reactive ketones (excluding diaryl/α,β-unsaturated/α-hetero) is 1. The minimum absolute atomic E-state index is 0.0536. The second-order valence-corrected chi connectivity index (χ2v) is 34.6. The van der Waals surface area contributed by atoms with Gasteiger partial charge in [0.2, 0.25) is 22.1 Å². The van der Waals surface area contributed by atoms with Crippen LogP contribution in [0.4, 0.5) is 22.7 Å². The van der Waals surface area contributed by atoms with E-state index >= 15 is 0 Å². The zero-order valence-corrected chi connectivity index (χ0v) is 76.0. The monoisotopic (exact) mass is 1800 g/mol. The molecule has 0 saturated heterocycles. The van der Waals surface area contributed by atoms with Gasteiger partial charge in [-0.2, -0.15) is 0 Å². The Morgan fingerprint density at radius 3 is 1.34 bits per heavy atom. The molecule has 3 aromatic heterocycles. The predicted octanol–water partition coefficient (Wildman–Crippen LogP) is 19.4. The molecule has 0 saturated carbocycles. The van der Waals surface area contributed by atoms with Crippen molar-refractivity contribution in [1.29, 1.82) is 0 Å². The van der Waals surface area contributed by atoms with E-state index in [1.165, 1.54) is 16.7 Å². The number of aliphatic hydroxyl groups is 3. The molecule has 16 aromatic rings. The number of ketones is 1. The molecule has 1 aliphatic carbocycles. The molecule has 0 bridgehead atoms. The number of carbonyl (C=O) groups is 3. The number of hydrogen-bond acceptors (Lipinski definition) is 23. The number of fused-ring (bicyclic) bond motifs is 10. The van der Waals surface area contributed by atoms with Crippen molar-refractivity contribution in [3.63, 3.8) is 0 Å². The number of para-hydroxylation sites is 1. The van der Waals surface area contributed by atoms with Crippen LogP contribution in [0.3, 0.4) is 0 Å². The highest BCUT2D eigenvalue weighted by molar-refractivity contribution is 6.23. The van der Waals surface area contributed by atoms with Gasteiger partial charge in [0.1, 0.15) is 56.5 Å². The first-order valence-corrected chi connectivity index (χ1v) is 45.4. The predicted molar refractivity (Wildman–Crippen MR) is 532 cm³/mol. The lowest BCUT2D eigenvalue weighted by molar-refractivity contribution is -0.135. The Hall–Kier alpha value is -14.6. The van der Waals surface area contributed by atoms with Crippen LogP contribution in [-0.4, -0.2) is 136 Å². The molecular formula is C111H109N7O16. The van der Waals surface area contributed by atoms with Crippen molar-refractivity contribution in [2.45, 2.75) is 89.6 Å². The van der Waals surface area contributed by atoms with Crippen molar-refractivity contribution < 1.29 is 61.9 Å². The van der Waals surface area contributed by atoms with Gasteiger partial charge in [0.25, 0.3) is 0 Å². The average Bonchev–Trinajstić information content (AvgIpc) is 1.75. The number of ether oxygens (including phenoxy) is 4. The summed E-state index contributed by atoms with van der Waals surface area (Å²) in [5, 5.41) is 47.1. The SMILES string of the molecule is CN(C)CCNc1ccc(CO)c2oc3ccc(OC(=O)CC(CCc4ccccc4)c4ccc(CNc5ccccc5)cc4)cc3c(=O)c12.CN(C)CCNc1ccc(CO)c2oc3ccc(OC(=O)CC(CCc4ccccc4)c4ccc5c(c4)CCCO5)cc3c(=O)c12.CN(C)CCNc1ccc(CO)c2oc3ccc(OC4=Cc5ccc6ccccc6c5C4=O)cc3c(=O)c12. The second kappa shape index (κ2) is 43.2. The number of nitrogens with one attached hydrogen (secondary N) is 4. The fourth-order valence-corrected chi connectivity index (χ4v) is 17.2. The van der Waals surface area contributed by atoms with Crippen LogP contribution in [0.1, 0.15) is 110 Å². The molecule has 7 N–H and O–H groups in total. The molecule has 2 unspecified atom stereocenters. The van der Waals surface area contributed by atoms with E-state index in [0.717, 1.165) is 109 Å². The first kappa shape index (κ1) is 92.7. The third-order valence-corrected chi connectivity index (χ3v) is 24.3. The van der Waals surface area contributed by atoms with Crippen molar-refractivity contribution in [2.75, 3.05) is 109 Å². The van der Waals surface area contributed by atoms with Gasteiger partial charge in [-0.3, -0.25) is 28.8 Å². The summed E-state index contributed by atoms with van der Waals surface area (Å²) in [5.74, 6) is 0.982.